The van der Waals surface area contributed by atoms with Crippen molar-refractivity contribution in [1.29, 1.82) is 0 Å². The van der Waals surface area contributed by atoms with Crippen LogP contribution in [0.3, 0.4) is 0 Å². The van der Waals surface area contributed by atoms with E-state index in [0.717, 1.165) is 48.0 Å². The highest BCUT2D eigenvalue weighted by atomic mass is 19.4. The number of hydrogen-bond donors (Lipinski definition) is 4. The summed E-state index contributed by atoms with van der Waals surface area (Å²) in [6.45, 7) is 18.2. The lowest BCUT2D eigenvalue weighted by atomic mass is 9.84. The monoisotopic (exact) mass is 1300 g/mol. The molecule has 1 aromatic carbocycles. The Morgan fingerprint density at radius 1 is 0.609 bits per heavy atom. The van der Waals surface area contributed by atoms with E-state index in [0.29, 0.717) is 18.6 Å². The van der Waals surface area contributed by atoms with Crippen molar-refractivity contribution in [3.63, 3.8) is 0 Å². The van der Waals surface area contributed by atoms with E-state index >= 15 is 0 Å². The molecule has 2 aliphatic heterocycles. The highest BCUT2D eigenvalue weighted by Crippen LogP contribution is 2.33. The molecule has 3 aliphatic rings. The average molecular weight is 1300 g/mol. The fourth-order valence-electron chi connectivity index (χ4n) is 12.0. The molecule has 4 N–H and O–H groups in total. The molecule has 22 nitrogen and oxygen atoms in total. The van der Waals surface area contributed by atoms with Gasteiger partial charge in [-0.2, -0.15) is 13.2 Å². The zero-order valence-electron chi connectivity index (χ0n) is 57.4. The zero-order chi connectivity index (χ0) is 69.6. The summed E-state index contributed by atoms with van der Waals surface area (Å²) < 4.78 is 55.7. The summed E-state index contributed by atoms with van der Waals surface area (Å²) in [7, 11) is 8.49. The summed E-state index contributed by atoms with van der Waals surface area (Å²) in [5.74, 6) is -9.83. The van der Waals surface area contributed by atoms with Crippen LogP contribution in [0.1, 0.15) is 171 Å². The summed E-state index contributed by atoms with van der Waals surface area (Å²) in [6.07, 6.45) is -0.303. The molecule has 1 aliphatic carbocycles. The Labute approximate surface area is 541 Å². The molecule has 0 radical (unpaired) electrons. The molecule has 1 unspecified atom stereocenters. The summed E-state index contributed by atoms with van der Waals surface area (Å²) in [6, 6.07) is -6.92. The number of rotatable bonds is 13. The summed E-state index contributed by atoms with van der Waals surface area (Å²) in [5.41, 5.74) is -3.19. The van der Waals surface area contributed by atoms with Crippen molar-refractivity contribution in [3.8, 4) is 0 Å². The van der Waals surface area contributed by atoms with Crippen LogP contribution in [0.2, 0.25) is 0 Å². The highest BCUT2D eigenvalue weighted by Gasteiger charge is 2.46. The molecule has 518 valence electrons. The van der Waals surface area contributed by atoms with Gasteiger partial charge in [0.2, 0.25) is 65.0 Å². The number of carbonyl (C=O) groups excluding carboxylic acids is 11. The molecular weight excluding hydrogens is 1200 g/mol. The van der Waals surface area contributed by atoms with Crippen LogP contribution in [0.25, 0.3) is 0 Å². The number of halogens is 4. The van der Waals surface area contributed by atoms with Crippen LogP contribution in [0, 0.1) is 35.4 Å². The Morgan fingerprint density at radius 2 is 1.17 bits per heavy atom. The first-order valence-corrected chi connectivity index (χ1v) is 32.7. The van der Waals surface area contributed by atoms with Gasteiger partial charge in [-0.05, 0) is 113 Å². The average Bonchev–Trinajstić information content (AvgIpc) is 0.803. The van der Waals surface area contributed by atoms with Crippen LogP contribution in [0.4, 0.5) is 17.6 Å². The second-order valence-electron chi connectivity index (χ2n) is 27.8. The fourth-order valence-corrected chi connectivity index (χ4v) is 12.0. The molecule has 1 aromatic rings. The summed E-state index contributed by atoms with van der Waals surface area (Å²) in [4.78, 5) is 168. The molecule has 2 saturated heterocycles. The summed E-state index contributed by atoms with van der Waals surface area (Å²) >= 11 is 0. The number of likely N-dealkylation sites (N-methyl/N-ethyl adjacent to an activating group) is 6. The summed E-state index contributed by atoms with van der Waals surface area (Å²) in [5, 5.41) is 11.1. The Bertz CT molecular complexity index is 2790. The first-order chi connectivity index (χ1) is 42.7. The standard InChI is InChI=1S/C66H105F4N11O11/c1-18-41(8)56-63(91)81-29-28-50(81)61(89)76(13)37-55(84)79(16)52(35-43-22-20-19-21-23-43)62(90)75(12)36-53(82)71-47(27-25-44-24-26-45(46(67)34-44)66(68,69)70)57(85)72-49(31-39(4)5)60(88)80(17)65(10,11)64(92)73-48(30-38(2)3)59(87)77(14)42(9)33-54(83)78(15)51(32-40(6)7)58(86)74-56/h24,26,34,38-43,47-52,56H,18-23,25,27-33,35-37H2,1-17H3,(H,71,82)(H,72,85)(H,73,92)(H,74,86)/t41-,42+,47-,48-,49-,50?,51-,52-,56-/m0/s1. The maximum Gasteiger partial charge on any atom is 0.419 e. The van der Waals surface area contributed by atoms with Crippen molar-refractivity contribution in [2.45, 2.75) is 226 Å². The maximum absolute atomic E-state index is 14.9. The third-order valence-electron chi connectivity index (χ3n) is 18.7. The Morgan fingerprint density at radius 3 is 1.71 bits per heavy atom. The topological polar surface area (TPSA) is 259 Å². The van der Waals surface area contributed by atoms with Gasteiger partial charge in [-0.25, -0.2) is 4.39 Å². The Hall–Kier alpha value is -6.89. The van der Waals surface area contributed by atoms with E-state index in [4.69, 9.17) is 0 Å². The molecular formula is C66H105F4N11O11. The van der Waals surface area contributed by atoms with Crippen LogP contribution < -0.4 is 21.3 Å². The molecule has 11 amide bonds. The minimum absolute atomic E-state index is 0.00156. The van der Waals surface area contributed by atoms with Crippen LogP contribution in [-0.2, 0) is 65.3 Å². The lowest BCUT2D eigenvalue weighted by Gasteiger charge is -2.44. The quantitative estimate of drug-likeness (QED) is 0.179. The molecule has 92 heavy (non-hydrogen) atoms. The van der Waals surface area contributed by atoms with Gasteiger partial charge in [0.15, 0.2) is 0 Å². The first-order valence-electron chi connectivity index (χ1n) is 32.7. The third-order valence-corrected chi connectivity index (χ3v) is 18.7. The largest absolute Gasteiger partial charge is 0.419 e. The van der Waals surface area contributed by atoms with Crippen LogP contribution in [-0.4, -0.2) is 215 Å². The van der Waals surface area contributed by atoms with E-state index in [1.165, 1.54) is 80.6 Å². The number of aryl methyl sites for hydroxylation is 1. The number of amides is 11. The van der Waals surface area contributed by atoms with Crippen molar-refractivity contribution >= 4 is 65.0 Å². The molecule has 0 aromatic heterocycles. The number of nitrogens with one attached hydrogen (secondary N) is 4. The predicted molar refractivity (Wildman–Crippen MR) is 339 cm³/mol. The fraction of sp³-hybridized carbons (Fsp3) is 0.742. The van der Waals surface area contributed by atoms with Crippen molar-refractivity contribution in [1.82, 2.24) is 55.6 Å². The molecule has 26 heteroatoms. The van der Waals surface area contributed by atoms with E-state index in [9.17, 15) is 70.3 Å². The molecule has 3 fully saturated rings. The van der Waals surface area contributed by atoms with Gasteiger partial charge in [0.25, 0.3) is 0 Å². The molecule has 0 spiro atoms. The van der Waals surface area contributed by atoms with E-state index in [1.807, 2.05) is 34.6 Å². The minimum atomic E-state index is -5.00. The molecule has 0 bridgehead atoms. The number of alkyl halides is 3. The van der Waals surface area contributed by atoms with Crippen molar-refractivity contribution < 1.29 is 70.3 Å². The number of nitrogens with zero attached hydrogens (tertiary/aromatic N) is 7. The molecule has 2 heterocycles. The van der Waals surface area contributed by atoms with Gasteiger partial charge in [-0.1, -0.05) is 100.0 Å². The molecule has 4 rings (SSSR count). The second-order valence-corrected chi connectivity index (χ2v) is 27.8. The SMILES string of the molecule is CC[C@H](C)[C@@H]1NC(=O)[C@H](CC(C)C)N(C)C(=O)C[C@@H](C)N(C)C(=O)[C@H](CC(C)C)NC(=O)C(C)(C)N(C)C(=O)[C@H](CC(C)C)NC(=O)[C@H](CCc2ccc(C(F)(F)F)c(F)c2)NC(=O)CN(C)C(=O)[C@H](CC2CCCCC2)N(C)C(=O)CN(C)C(=O)C2CCN2C1=O. The third kappa shape index (κ3) is 20.8. The number of hydrogen-bond acceptors (Lipinski definition) is 11. The van der Waals surface area contributed by atoms with E-state index < -0.39 is 155 Å². The molecule has 1 saturated carbocycles. The molecule has 9 atom stereocenters. The van der Waals surface area contributed by atoms with Crippen molar-refractivity contribution in [2.75, 3.05) is 61.9 Å². The highest BCUT2D eigenvalue weighted by molar-refractivity contribution is 5.99. The van der Waals surface area contributed by atoms with Crippen molar-refractivity contribution in [3.05, 3.63) is 35.1 Å². The lowest BCUT2D eigenvalue weighted by molar-refractivity contribution is -0.157. The smallest absolute Gasteiger partial charge is 0.343 e. The first kappa shape index (κ1) is 77.6. The van der Waals surface area contributed by atoms with Gasteiger partial charge in [0.05, 0.1) is 18.7 Å². The second kappa shape index (κ2) is 33.8. The van der Waals surface area contributed by atoms with Gasteiger partial charge >= 0.3 is 6.18 Å². The number of carbonyl (C=O) groups is 11. The van der Waals surface area contributed by atoms with Gasteiger partial charge in [0, 0.05) is 61.3 Å². The van der Waals surface area contributed by atoms with Crippen molar-refractivity contribution in [2.24, 2.45) is 29.6 Å². The van der Waals surface area contributed by atoms with Crippen LogP contribution in [0.5, 0.6) is 0 Å². The van der Waals surface area contributed by atoms with Crippen LogP contribution in [0.15, 0.2) is 18.2 Å². The maximum atomic E-state index is 14.9. The Kier molecular flexibility index (Phi) is 28.5. The van der Waals surface area contributed by atoms with Gasteiger partial charge in [-0.3, -0.25) is 52.7 Å². The normalized spacial score (nSPS) is 26.0. The lowest BCUT2D eigenvalue weighted by Crippen LogP contribution is -2.65. The minimum Gasteiger partial charge on any atom is -0.343 e. The van der Waals surface area contributed by atoms with Gasteiger partial charge in [0.1, 0.15) is 53.6 Å². The number of benzene rings is 1. The number of fused-ring (bicyclic) bond motifs is 1. The Balaban J connectivity index is 1.83. The van der Waals surface area contributed by atoms with Crippen LogP contribution >= 0.6 is 0 Å². The van der Waals surface area contributed by atoms with Gasteiger partial charge in [-0.15, -0.1) is 0 Å². The van der Waals surface area contributed by atoms with E-state index in [1.54, 1.807) is 27.7 Å². The van der Waals surface area contributed by atoms with E-state index in [-0.39, 0.29) is 87.1 Å². The zero-order valence-corrected chi connectivity index (χ0v) is 57.4. The van der Waals surface area contributed by atoms with Gasteiger partial charge < -0.3 is 55.6 Å². The predicted octanol–water partition coefficient (Wildman–Crippen LogP) is 5.53. The van der Waals surface area contributed by atoms with E-state index in [2.05, 4.69) is 21.3 Å².